The summed E-state index contributed by atoms with van der Waals surface area (Å²) in [5, 5.41) is 2.38. The van der Waals surface area contributed by atoms with Crippen LogP contribution in [0.4, 0.5) is 10.1 Å². The van der Waals surface area contributed by atoms with Crippen molar-refractivity contribution in [3.8, 4) is 0 Å². The third-order valence-corrected chi connectivity index (χ3v) is 5.60. The van der Waals surface area contributed by atoms with Crippen LogP contribution in [-0.4, -0.2) is 23.7 Å². The van der Waals surface area contributed by atoms with Crippen molar-refractivity contribution in [3.05, 3.63) is 23.0 Å². The average Bonchev–Trinajstić information content (AvgIpc) is 2.61. The molecule has 1 amide bonds. The average molecular weight is 404 g/mol. The zero-order valence-electron chi connectivity index (χ0n) is 15.7. The van der Waals surface area contributed by atoms with Crippen LogP contribution in [0.2, 0.25) is 5.02 Å². The quantitative estimate of drug-likeness (QED) is 0.403. The van der Waals surface area contributed by atoms with Crippen LogP contribution >= 0.6 is 23.4 Å². The minimum absolute atomic E-state index is 0.0689. The molecule has 7 heteroatoms. The molecule has 4 nitrogen and oxygen atoms in total. The van der Waals surface area contributed by atoms with Crippen LogP contribution in [0.25, 0.3) is 0 Å². The van der Waals surface area contributed by atoms with Crippen LogP contribution < -0.4 is 5.32 Å². The Hall–Kier alpha value is -1.27. The van der Waals surface area contributed by atoms with Crippen molar-refractivity contribution in [2.75, 3.05) is 11.9 Å². The van der Waals surface area contributed by atoms with Gasteiger partial charge in [0.25, 0.3) is 0 Å². The van der Waals surface area contributed by atoms with E-state index in [1.165, 1.54) is 17.8 Å². The highest BCUT2D eigenvalue weighted by Gasteiger charge is 2.23. The van der Waals surface area contributed by atoms with Gasteiger partial charge >= 0.3 is 5.97 Å². The van der Waals surface area contributed by atoms with Crippen LogP contribution in [0.3, 0.4) is 0 Å². The molecule has 1 aromatic rings. The second-order valence-electron chi connectivity index (χ2n) is 6.12. The van der Waals surface area contributed by atoms with Gasteiger partial charge in [-0.2, -0.15) is 0 Å². The monoisotopic (exact) mass is 403 g/mol. The summed E-state index contributed by atoms with van der Waals surface area (Å²) in [5.41, 5.74) is 0.0689. The lowest BCUT2D eigenvalue weighted by molar-refractivity contribution is -0.143. The van der Waals surface area contributed by atoms with E-state index in [0.29, 0.717) is 24.3 Å². The molecule has 2 unspecified atom stereocenters. The fourth-order valence-electron chi connectivity index (χ4n) is 2.09. The van der Waals surface area contributed by atoms with E-state index in [0.717, 1.165) is 18.9 Å². The van der Waals surface area contributed by atoms with E-state index in [2.05, 4.69) is 5.32 Å². The number of benzene rings is 1. The number of hydrogen-bond donors (Lipinski definition) is 1. The number of halogens is 2. The summed E-state index contributed by atoms with van der Waals surface area (Å²) in [4.78, 5) is 24.8. The largest absolute Gasteiger partial charge is 0.465 e. The van der Waals surface area contributed by atoms with Crippen molar-refractivity contribution in [1.29, 1.82) is 0 Å². The van der Waals surface area contributed by atoms with E-state index in [-0.39, 0.29) is 28.5 Å². The smallest absolute Gasteiger partial charge is 0.319 e. The molecule has 0 aliphatic rings. The topological polar surface area (TPSA) is 55.4 Å². The molecule has 0 fully saturated rings. The third kappa shape index (κ3) is 6.80. The van der Waals surface area contributed by atoms with E-state index >= 15 is 0 Å². The zero-order chi connectivity index (χ0) is 19.7. The molecule has 26 heavy (non-hydrogen) atoms. The van der Waals surface area contributed by atoms with Crippen LogP contribution in [0.1, 0.15) is 53.4 Å². The summed E-state index contributed by atoms with van der Waals surface area (Å²) in [5.74, 6) is -1.38. The van der Waals surface area contributed by atoms with Crippen molar-refractivity contribution in [2.45, 2.75) is 63.5 Å². The number of carbonyl (C=O) groups excluding carboxylic acids is 2. The number of thioether (sulfide) groups is 1. The molecule has 2 atom stereocenters. The summed E-state index contributed by atoms with van der Waals surface area (Å²) >= 11 is 7.39. The minimum Gasteiger partial charge on any atom is -0.465 e. The van der Waals surface area contributed by atoms with Gasteiger partial charge in [-0.1, -0.05) is 45.7 Å². The van der Waals surface area contributed by atoms with Crippen molar-refractivity contribution >= 4 is 40.9 Å². The van der Waals surface area contributed by atoms with Crippen molar-refractivity contribution in [3.63, 3.8) is 0 Å². The van der Waals surface area contributed by atoms with Gasteiger partial charge in [0.15, 0.2) is 0 Å². The molecule has 0 radical (unpaired) electrons. The maximum absolute atomic E-state index is 14.2. The first kappa shape index (κ1) is 22.8. The van der Waals surface area contributed by atoms with Gasteiger partial charge in [-0.15, -0.1) is 11.8 Å². The first-order valence-electron chi connectivity index (χ1n) is 8.97. The molecule has 0 saturated heterocycles. The third-order valence-electron chi connectivity index (χ3n) is 3.87. The predicted octanol–water partition coefficient (Wildman–Crippen LogP) is 5.68. The van der Waals surface area contributed by atoms with Gasteiger partial charge in [0.1, 0.15) is 11.1 Å². The number of esters is 1. The van der Waals surface area contributed by atoms with Gasteiger partial charge in [0.05, 0.1) is 17.3 Å². The number of anilines is 1. The Kier molecular flexibility index (Phi) is 10.0. The lowest BCUT2D eigenvalue weighted by Crippen LogP contribution is -2.21. The Balaban J connectivity index is 3.01. The van der Waals surface area contributed by atoms with Crippen molar-refractivity contribution in [2.24, 2.45) is 5.92 Å². The molecule has 0 saturated carbocycles. The summed E-state index contributed by atoms with van der Waals surface area (Å²) in [7, 11) is 0. The Bertz CT molecular complexity index is 627. The van der Waals surface area contributed by atoms with Crippen LogP contribution in [0.15, 0.2) is 17.0 Å². The number of rotatable bonds is 10. The SMILES string of the molecule is CCCOC(=O)C(CCC)Sc1cc(NC(=O)C(C)CC)c(F)cc1Cl. The Morgan fingerprint density at radius 3 is 2.54 bits per heavy atom. The zero-order valence-corrected chi connectivity index (χ0v) is 17.3. The van der Waals surface area contributed by atoms with Crippen LogP contribution in [0, 0.1) is 11.7 Å². The first-order valence-corrected chi connectivity index (χ1v) is 10.2. The van der Waals surface area contributed by atoms with E-state index < -0.39 is 11.1 Å². The fraction of sp³-hybridized carbons (Fsp3) is 0.579. The Morgan fingerprint density at radius 1 is 1.27 bits per heavy atom. The lowest BCUT2D eigenvalue weighted by Gasteiger charge is -2.17. The van der Waals surface area contributed by atoms with E-state index in [9.17, 15) is 14.0 Å². The second kappa shape index (κ2) is 11.4. The molecular formula is C19H27ClFNO3S. The van der Waals surface area contributed by atoms with Gasteiger partial charge in [0.2, 0.25) is 5.91 Å². The number of amides is 1. The molecule has 0 aliphatic carbocycles. The maximum Gasteiger partial charge on any atom is 0.319 e. The molecule has 0 aromatic heterocycles. The molecule has 0 bridgehead atoms. The Labute approximate surface area is 164 Å². The number of nitrogens with one attached hydrogen (secondary N) is 1. The van der Waals surface area contributed by atoms with E-state index in [1.807, 2.05) is 20.8 Å². The highest BCUT2D eigenvalue weighted by atomic mass is 35.5. The predicted molar refractivity (Wildman–Crippen MR) is 105 cm³/mol. The van der Waals surface area contributed by atoms with E-state index in [1.54, 1.807) is 6.92 Å². The molecule has 0 aliphatic heterocycles. The number of ether oxygens (including phenoxy) is 1. The second-order valence-corrected chi connectivity index (χ2v) is 7.78. The van der Waals surface area contributed by atoms with Gasteiger partial charge in [-0.3, -0.25) is 9.59 Å². The number of hydrogen-bond acceptors (Lipinski definition) is 4. The van der Waals surface area contributed by atoms with Gasteiger partial charge in [-0.05, 0) is 31.4 Å². The van der Waals surface area contributed by atoms with Gasteiger partial charge in [0, 0.05) is 10.8 Å². The maximum atomic E-state index is 14.2. The van der Waals surface area contributed by atoms with Crippen molar-refractivity contribution < 1.29 is 18.7 Å². The summed E-state index contributed by atoms with van der Waals surface area (Å²) < 4.78 is 19.4. The molecule has 1 N–H and O–H groups in total. The van der Waals surface area contributed by atoms with Crippen molar-refractivity contribution in [1.82, 2.24) is 0 Å². The molecule has 0 spiro atoms. The Morgan fingerprint density at radius 2 is 1.96 bits per heavy atom. The first-order chi connectivity index (χ1) is 12.3. The molecule has 1 aromatic carbocycles. The highest BCUT2D eigenvalue weighted by Crippen LogP contribution is 2.36. The summed E-state index contributed by atoms with van der Waals surface area (Å²) in [6.45, 7) is 7.94. The molecule has 1 rings (SSSR count). The lowest BCUT2D eigenvalue weighted by atomic mass is 10.1. The minimum atomic E-state index is -0.600. The molecule has 146 valence electrons. The van der Waals surface area contributed by atoms with Gasteiger partial charge < -0.3 is 10.1 Å². The molecule has 0 heterocycles. The highest BCUT2D eigenvalue weighted by molar-refractivity contribution is 8.00. The van der Waals surface area contributed by atoms with Gasteiger partial charge in [-0.25, -0.2) is 4.39 Å². The summed E-state index contributed by atoms with van der Waals surface area (Å²) in [6, 6.07) is 2.65. The standard InChI is InChI=1S/C19H27ClFNO3S/c1-5-8-16(19(24)25-9-6-2)26-17-11-15(14(21)10-13(17)20)22-18(23)12(4)7-3/h10-12,16H,5-9H2,1-4H3,(H,22,23). The summed E-state index contributed by atoms with van der Waals surface area (Å²) in [6.07, 6.45) is 2.83. The van der Waals surface area contributed by atoms with Crippen LogP contribution in [-0.2, 0) is 14.3 Å². The van der Waals surface area contributed by atoms with E-state index in [4.69, 9.17) is 16.3 Å². The normalized spacial score (nSPS) is 13.2. The van der Waals surface area contributed by atoms with Crippen LogP contribution in [0.5, 0.6) is 0 Å². The number of carbonyl (C=O) groups is 2. The molecular weight excluding hydrogens is 377 g/mol. The fourth-order valence-corrected chi connectivity index (χ4v) is 3.56.